The normalized spacial score (nSPS) is 26.9. The molecule has 3 rings (SSSR count). The van der Waals surface area contributed by atoms with E-state index in [0.29, 0.717) is 18.1 Å². The van der Waals surface area contributed by atoms with Crippen molar-refractivity contribution in [2.45, 2.75) is 38.0 Å². The van der Waals surface area contributed by atoms with E-state index >= 15 is 0 Å². The largest absolute Gasteiger partial charge is 0.346 e. The molecule has 0 aliphatic carbocycles. The molecule has 5 nitrogen and oxygen atoms in total. The third-order valence-electron chi connectivity index (χ3n) is 4.97. The number of amidine groups is 1. The van der Waals surface area contributed by atoms with Gasteiger partial charge in [-0.2, -0.15) is 4.99 Å². The molecule has 8 heteroatoms. The summed E-state index contributed by atoms with van der Waals surface area (Å²) >= 11 is 1.40. The van der Waals surface area contributed by atoms with E-state index in [9.17, 15) is 17.6 Å². The number of fused-ring (bicyclic) bond motifs is 1. The van der Waals surface area contributed by atoms with Crippen LogP contribution in [-0.2, 0) is 21.1 Å². The standard InChI is InChI=1S/C18H23FN2O3S2/c1-3-12(2)17(22)20-18-21(9-8-13-4-6-14(19)7-5-13)15-10-26(23,24)11-16(15)25-18/h4-7,12,15-16H,3,8-11H2,1-2H3/t12-,15+,16-/m0/s1. The van der Waals surface area contributed by atoms with E-state index in [0.717, 1.165) is 12.0 Å². The number of aliphatic imine (C=N–C) groups is 1. The maximum absolute atomic E-state index is 13.1. The van der Waals surface area contributed by atoms with Crippen LogP contribution in [0, 0.1) is 11.7 Å². The lowest BCUT2D eigenvalue weighted by molar-refractivity contribution is -0.121. The second-order valence-electron chi connectivity index (χ2n) is 6.91. The van der Waals surface area contributed by atoms with Crippen molar-refractivity contribution < 1.29 is 17.6 Å². The summed E-state index contributed by atoms with van der Waals surface area (Å²) in [6.45, 7) is 4.35. The zero-order valence-electron chi connectivity index (χ0n) is 14.9. The van der Waals surface area contributed by atoms with Gasteiger partial charge in [-0.1, -0.05) is 37.7 Å². The van der Waals surface area contributed by atoms with Gasteiger partial charge in [0.05, 0.1) is 17.5 Å². The number of benzene rings is 1. The van der Waals surface area contributed by atoms with E-state index in [1.165, 1.54) is 23.9 Å². The van der Waals surface area contributed by atoms with Crippen molar-refractivity contribution in [2.75, 3.05) is 18.1 Å². The Hall–Kier alpha value is -1.41. The van der Waals surface area contributed by atoms with Gasteiger partial charge in [0, 0.05) is 17.7 Å². The highest BCUT2D eigenvalue weighted by Gasteiger charge is 2.48. The Morgan fingerprint density at radius 3 is 2.69 bits per heavy atom. The van der Waals surface area contributed by atoms with Crippen LogP contribution in [0.3, 0.4) is 0 Å². The molecule has 1 amide bonds. The second kappa shape index (κ2) is 7.68. The molecule has 0 bridgehead atoms. The second-order valence-corrected chi connectivity index (χ2v) is 10.3. The number of carbonyl (C=O) groups is 1. The number of sulfone groups is 1. The van der Waals surface area contributed by atoms with Crippen LogP contribution in [0.15, 0.2) is 29.3 Å². The minimum absolute atomic E-state index is 0.0725. The quantitative estimate of drug-likeness (QED) is 0.762. The van der Waals surface area contributed by atoms with Crippen LogP contribution in [0.4, 0.5) is 4.39 Å². The van der Waals surface area contributed by atoms with Gasteiger partial charge in [-0.15, -0.1) is 0 Å². The Morgan fingerprint density at radius 1 is 1.35 bits per heavy atom. The van der Waals surface area contributed by atoms with Crippen LogP contribution in [0.5, 0.6) is 0 Å². The molecule has 26 heavy (non-hydrogen) atoms. The fourth-order valence-corrected chi connectivity index (χ4v) is 7.16. The Kier molecular flexibility index (Phi) is 5.72. The number of rotatable bonds is 5. The minimum Gasteiger partial charge on any atom is -0.346 e. The molecule has 2 saturated heterocycles. The zero-order valence-corrected chi connectivity index (χ0v) is 16.5. The molecule has 2 heterocycles. The molecule has 142 valence electrons. The number of hydrogen-bond acceptors (Lipinski definition) is 4. The van der Waals surface area contributed by atoms with Gasteiger partial charge in [0.15, 0.2) is 15.0 Å². The number of halogens is 1. The minimum atomic E-state index is -3.05. The first-order valence-electron chi connectivity index (χ1n) is 8.79. The highest BCUT2D eigenvalue weighted by molar-refractivity contribution is 8.15. The van der Waals surface area contributed by atoms with Gasteiger partial charge in [-0.05, 0) is 30.5 Å². The summed E-state index contributed by atoms with van der Waals surface area (Å²) in [6, 6.07) is 6.14. The summed E-state index contributed by atoms with van der Waals surface area (Å²) in [7, 11) is -3.05. The van der Waals surface area contributed by atoms with Crippen molar-refractivity contribution in [3.8, 4) is 0 Å². The van der Waals surface area contributed by atoms with Gasteiger partial charge in [-0.25, -0.2) is 12.8 Å². The predicted molar refractivity (Wildman–Crippen MR) is 103 cm³/mol. The molecule has 2 aliphatic heterocycles. The summed E-state index contributed by atoms with van der Waals surface area (Å²) in [5.41, 5.74) is 0.966. The number of amides is 1. The molecule has 1 aromatic rings. The molecule has 0 unspecified atom stereocenters. The lowest BCUT2D eigenvalue weighted by Gasteiger charge is -2.24. The molecule has 0 saturated carbocycles. The fraction of sp³-hybridized carbons (Fsp3) is 0.556. The summed E-state index contributed by atoms with van der Waals surface area (Å²) < 4.78 is 37.1. The first-order chi connectivity index (χ1) is 12.3. The summed E-state index contributed by atoms with van der Waals surface area (Å²) in [4.78, 5) is 18.5. The van der Waals surface area contributed by atoms with E-state index in [1.54, 1.807) is 12.1 Å². The highest BCUT2D eigenvalue weighted by atomic mass is 32.2. The molecule has 0 N–H and O–H groups in total. The Bertz CT molecular complexity index is 808. The molecule has 1 aromatic carbocycles. The van der Waals surface area contributed by atoms with Crippen molar-refractivity contribution in [1.82, 2.24) is 4.90 Å². The van der Waals surface area contributed by atoms with Gasteiger partial charge in [0.25, 0.3) is 5.91 Å². The predicted octanol–water partition coefficient (Wildman–Crippen LogP) is 2.51. The van der Waals surface area contributed by atoms with Crippen molar-refractivity contribution in [3.05, 3.63) is 35.6 Å². The maximum Gasteiger partial charge on any atom is 0.250 e. The molecular formula is C18H23FN2O3S2. The van der Waals surface area contributed by atoms with E-state index in [4.69, 9.17) is 0 Å². The summed E-state index contributed by atoms with van der Waals surface area (Å²) in [5, 5.41) is 0.555. The van der Waals surface area contributed by atoms with Crippen molar-refractivity contribution in [3.63, 3.8) is 0 Å². The molecule has 2 aliphatic rings. The lowest BCUT2D eigenvalue weighted by Crippen LogP contribution is -2.39. The number of nitrogens with zero attached hydrogens (tertiary/aromatic N) is 2. The Morgan fingerprint density at radius 2 is 2.04 bits per heavy atom. The molecule has 0 spiro atoms. The fourth-order valence-electron chi connectivity index (χ4n) is 3.18. The van der Waals surface area contributed by atoms with Crippen LogP contribution in [-0.4, -0.2) is 53.7 Å². The van der Waals surface area contributed by atoms with Crippen LogP contribution in [0.25, 0.3) is 0 Å². The van der Waals surface area contributed by atoms with Gasteiger partial charge in [0.2, 0.25) is 0 Å². The van der Waals surface area contributed by atoms with E-state index in [1.807, 2.05) is 18.7 Å². The average Bonchev–Trinajstić information content (AvgIpc) is 3.05. The topological polar surface area (TPSA) is 66.8 Å². The van der Waals surface area contributed by atoms with Crippen LogP contribution in [0.1, 0.15) is 25.8 Å². The number of hydrogen-bond donors (Lipinski definition) is 0. The van der Waals surface area contributed by atoms with E-state index in [-0.39, 0.29) is 40.4 Å². The van der Waals surface area contributed by atoms with Gasteiger partial charge < -0.3 is 4.90 Å². The van der Waals surface area contributed by atoms with Gasteiger partial charge in [0.1, 0.15) is 5.82 Å². The smallest absolute Gasteiger partial charge is 0.250 e. The van der Waals surface area contributed by atoms with Gasteiger partial charge in [-0.3, -0.25) is 4.79 Å². The van der Waals surface area contributed by atoms with Crippen LogP contribution >= 0.6 is 11.8 Å². The van der Waals surface area contributed by atoms with Crippen molar-refractivity contribution in [2.24, 2.45) is 10.9 Å². The van der Waals surface area contributed by atoms with Crippen molar-refractivity contribution in [1.29, 1.82) is 0 Å². The monoisotopic (exact) mass is 398 g/mol. The van der Waals surface area contributed by atoms with Crippen LogP contribution < -0.4 is 0 Å². The third-order valence-corrected chi connectivity index (χ3v) is 8.22. The number of thioether (sulfide) groups is 1. The van der Waals surface area contributed by atoms with Crippen LogP contribution in [0.2, 0.25) is 0 Å². The Balaban J connectivity index is 1.79. The molecule has 0 aromatic heterocycles. The van der Waals surface area contributed by atoms with Gasteiger partial charge >= 0.3 is 0 Å². The molecule has 0 radical (unpaired) electrons. The maximum atomic E-state index is 13.1. The van der Waals surface area contributed by atoms with E-state index < -0.39 is 9.84 Å². The number of carbonyl (C=O) groups excluding carboxylic acids is 1. The van der Waals surface area contributed by atoms with Crippen molar-refractivity contribution >= 4 is 32.7 Å². The molecule has 2 fully saturated rings. The first-order valence-corrected chi connectivity index (χ1v) is 11.5. The molecule has 3 atom stereocenters. The Labute approximate surface area is 158 Å². The summed E-state index contributed by atoms with van der Waals surface area (Å²) in [5.74, 6) is -0.360. The third kappa shape index (κ3) is 4.28. The first kappa shape index (κ1) is 19.4. The molecular weight excluding hydrogens is 375 g/mol. The highest BCUT2D eigenvalue weighted by Crippen LogP contribution is 2.38. The SMILES string of the molecule is CC[C@H](C)C(=O)N=C1S[C@H]2CS(=O)(=O)C[C@H]2N1CCc1ccc(F)cc1. The van der Waals surface area contributed by atoms with E-state index in [2.05, 4.69) is 4.99 Å². The average molecular weight is 399 g/mol. The zero-order chi connectivity index (χ0) is 18.9. The lowest BCUT2D eigenvalue weighted by atomic mass is 10.1. The summed E-state index contributed by atoms with van der Waals surface area (Å²) in [6.07, 6.45) is 1.36.